The van der Waals surface area contributed by atoms with Gasteiger partial charge in [0.15, 0.2) is 17.7 Å². The zero-order valence-corrected chi connectivity index (χ0v) is 9.43. The number of rotatable bonds is 2. The van der Waals surface area contributed by atoms with Gasteiger partial charge in [0.2, 0.25) is 0 Å². The molecule has 1 atom stereocenters. The normalized spacial score (nSPS) is 20.8. The Bertz CT molecular complexity index is 582. The first-order chi connectivity index (χ1) is 8.93. The van der Waals surface area contributed by atoms with E-state index in [-0.39, 0.29) is 6.04 Å². The Labute approximate surface area is 104 Å². The van der Waals surface area contributed by atoms with Crippen LogP contribution in [0.2, 0.25) is 0 Å². The van der Waals surface area contributed by atoms with E-state index in [0.717, 1.165) is 5.56 Å². The molecular formula is C12H10N6. The fourth-order valence-corrected chi connectivity index (χ4v) is 1.62. The van der Waals surface area contributed by atoms with Crippen LogP contribution in [0.25, 0.3) is 0 Å². The van der Waals surface area contributed by atoms with Crippen molar-refractivity contribution in [3.8, 4) is 0 Å². The van der Waals surface area contributed by atoms with Gasteiger partial charge in [0.1, 0.15) is 12.7 Å². The first-order valence-electron chi connectivity index (χ1n) is 5.47. The topological polar surface area (TPSA) is 73.8 Å². The summed E-state index contributed by atoms with van der Waals surface area (Å²) in [5, 5.41) is 4.13. The van der Waals surface area contributed by atoms with Gasteiger partial charge in [0, 0.05) is 0 Å². The molecule has 0 spiro atoms. The Morgan fingerprint density at radius 1 is 1.11 bits per heavy atom. The summed E-state index contributed by atoms with van der Waals surface area (Å²) >= 11 is 0. The molecule has 0 amide bonds. The Kier molecular flexibility index (Phi) is 2.75. The lowest BCUT2D eigenvalue weighted by molar-refractivity contribution is 0.959. The molecule has 0 saturated carbocycles. The summed E-state index contributed by atoms with van der Waals surface area (Å²) < 4.78 is 0. The van der Waals surface area contributed by atoms with E-state index >= 15 is 0 Å². The predicted molar refractivity (Wildman–Crippen MR) is 72.8 cm³/mol. The predicted octanol–water partition coefficient (Wildman–Crippen LogP) is 0.859. The highest BCUT2D eigenvalue weighted by molar-refractivity contribution is 6.19. The van der Waals surface area contributed by atoms with Gasteiger partial charge in [0.05, 0.1) is 6.21 Å². The number of nitrogens with zero attached hydrogens (tertiary/aromatic N) is 5. The van der Waals surface area contributed by atoms with Crippen LogP contribution in [-0.4, -0.2) is 36.6 Å². The summed E-state index contributed by atoms with van der Waals surface area (Å²) in [5.74, 6) is 1.27. The minimum atomic E-state index is -0.247. The van der Waals surface area contributed by atoms with E-state index in [1.54, 1.807) is 6.21 Å². The molecule has 18 heavy (non-hydrogen) atoms. The van der Waals surface area contributed by atoms with E-state index in [2.05, 4.69) is 30.5 Å². The van der Waals surface area contributed by atoms with Crippen molar-refractivity contribution in [1.29, 1.82) is 0 Å². The van der Waals surface area contributed by atoms with Gasteiger partial charge in [-0.15, -0.1) is 0 Å². The molecule has 0 aromatic heterocycles. The SMILES string of the molecule is C1=NC2=NC=NC2C(N/N=C/c2ccccc2)=N1. The molecule has 0 fully saturated rings. The third-order valence-electron chi connectivity index (χ3n) is 2.49. The van der Waals surface area contributed by atoms with Crippen molar-refractivity contribution in [2.24, 2.45) is 25.1 Å². The van der Waals surface area contributed by atoms with Gasteiger partial charge in [-0.25, -0.2) is 15.0 Å². The Balaban J connectivity index is 1.69. The maximum absolute atomic E-state index is 4.16. The van der Waals surface area contributed by atoms with Gasteiger partial charge in [0.25, 0.3) is 0 Å². The van der Waals surface area contributed by atoms with Crippen molar-refractivity contribution in [2.45, 2.75) is 6.04 Å². The van der Waals surface area contributed by atoms with Crippen LogP contribution in [0.4, 0.5) is 0 Å². The molecule has 2 aliphatic rings. The molecule has 1 aromatic carbocycles. The van der Waals surface area contributed by atoms with Crippen molar-refractivity contribution >= 4 is 30.6 Å². The minimum absolute atomic E-state index is 0.247. The zero-order chi connectivity index (χ0) is 12.2. The van der Waals surface area contributed by atoms with Crippen LogP contribution >= 0.6 is 0 Å². The zero-order valence-electron chi connectivity index (χ0n) is 9.43. The fraction of sp³-hybridized carbons (Fsp3) is 0.0833. The molecule has 3 rings (SSSR count). The molecule has 2 aliphatic heterocycles. The summed E-state index contributed by atoms with van der Waals surface area (Å²) in [6.07, 6.45) is 4.66. The molecule has 0 saturated heterocycles. The van der Waals surface area contributed by atoms with Crippen molar-refractivity contribution < 1.29 is 0 Å². The average molecular weight is 238 g/mol. The van der Waals surface area contributed by atoms with E-state index in [1.165, 1.54) is 12.7 Å². The quantitative estimate of drug-likeness (QED) is 0.602. The van der Waals surface area contributed by atoms with Gasteiger partial charge in [-0.2, -0.15) is 5.10 Å². The van der Waals surface area contributed by atoms with E-state index in [1.807, 2.05) is 30.3 Å². The summed E-state index contributed by atoms with van der Waals surface area (Å²) in [4.78, 5) is 16.3. The second kappa shape index (κ2) is 4.70. The number of hydrogen-bond acceptors (Lipinski definition) is 6. The number of amidine groups is 2. The number of nitrogens with one attached hydrogen (secondary N) is 1. The lowest BCUT2D eigenvalue weighted by Crippen LogP contribution is -2.36. The summed E-state index contributed by atoms with van der Waals surface area (Å²) in [6, 6.07) is 9.56. The molecule has 6 nitrogen and oxygen atoms in total. The van der Waals surface area contributed by atoms with E-state index in [4.69, 9.17) is 0 Å². The lowest BCUT2D eigenvalue weighted by atomic mass is 10.2. The smallest absolute Gasteiger partial charge is 0.170 e. The van der Waals surface area contributed by atoms with Gasteiger partial charge in [-0.3, -0.25) is 10.4 Å². The number of fused-ring (bicyclic) bond motifs is 1. The van der Waals surface area contributed by atoms with Gasteiger partial charge >= 0.3 is 0 Å². The van der Waals surface area contributed by atoms with Gasteiger partial charge in [-0.1, -0.05) is 30.3 Å². The number of aliphatic imine (C=N–C) groups is 4. The molecule has 0 bridgehead atoms. The van der Waals surface area contributed by atoms with Crippen molar-refractivity contribution in [2.75, 3.05) is 0 Å². The summed E-state index contributed by atoms with van der Waals surface area (Å²) in [7, 11) is 0. The van der Waals surface area contributed by atoms with Crippen LogP contribution in [0.3, 0.4) is 0 Å². The Morgan fingerprint density at radius 3 is 2.89 bits per heavy atom. The number of hydrogen-bond donors (Lipinski definition) is 1. The minimum Gasteiger partial charge on any atom is -0.263 e. The molecule has 0 radical (unpaired) electrons. The highest BCUT2D eigenvalue weighted by atomic mass is 15.3. The van der Waals surface area contributed by atoms with Crippen molar-refractivity contribution in [3.63, 3.8) is 0 Å². The maximum Gasteiger partial charge on any atom is 0.170 e. The third kappa shape index (κ3) is 2.08. The van der Waals surface area contributed by atoms with Crippen molar-refractivity contribution in [1.82, 2.24) is 5.43 Å². The van der Waals surface area contributed by atoms with Crippen molar-refractivity contribution in [3.05, 3.63) is 35.9 Å². The highest BCUT2D eigenvalue weighted by Crippen LogP contribution is 2.07. The van der Waals surface area contributed by atoms with Crippen LogP contribution in [0, 0.1) is 0 Å². The molecule has 6 heteroatoms. The standard InChI is InChI=1S/C12H10N6/c1-2-4-9(5-3-1)6-17-18-12-10-11(14-7-13-10)15-8-16-12/h1-8,10H,(H,13,14,15,16,18)/b17-6+. The molecule has 1 N–H and O–H groups in total. The first-order valence-corrected chi connectivity index (χ1v) is 5.47. The largest absolute Gasteiger partial charge is 0.263 e. The van der Waals surface area contributed by atoms with E-state index < -0.39 is 0 Å². The average Bonchev–Trinajstić information content (AvgIpc) is 2.89. The molecule has 2 heterocycles. The maximum atomic E-state index is 4.16. The molecule has 88 valence electrons. The molecule has 1 unspecified atom stereocenters. The van der Waals surface area contributed by atoms with Crippen LogP contribution < -0.4 is 5.43 Å². The van der Waals surface area contributed by atoms with Gasteiger partial charge in [-0.05, 0) is 5.56 Å². The second-order valence-corrected chi connectivity index (χ2v) is 3.69. The first kappa shape index (κ1) is 10.5. The van der Waals surface area contributed by atoms with E-state index in [9.17, 15) is 0 Å². The van der Waals surface area contributed by atoms with Crippen LogP contribution in [-0.2, 0) is 0 Å². The van der Waals surface area contributed by atoms with Crippen LogP contribution in [0.15, 0.2) is 55.4 Å². The van der Waals surface area contributed by atoms with Crippen LogP contribution in [0.1, 0.15) is 5.56 Å². The number of hydrazone groups is 1. The third-order valence-corrected chi connectivity index (χ3v) is 2.49. The van der Waals surface area contributed by atoms with Crippen LogP contribution in [0.5, 0.6) is 0 Å². The molecule has 1 aromatic rings. The highest BCUT2D eigenvalue weighted by Gasteiger charge is 2.25. The Morgan fingerprint density at radius 2 is 2.00 bits per heavy atom. The lowest BCUT2D eigenvalue weighted by Gasteiger charge is -2.12. The second-order valence-electron chi connectivity index (χ2n) is 3.69. The molecule has 0 aliphatic carbocycles. The fourth-order valence-electron chi connectivity index (χ4n) is 1.62. The summed E-state index contributed by atoms with van der Waals surface area (Å²) in [5.41, 5.74) is 3.89. The summed E-state index contributed by atoms with van der Waals surface area (Å²) in [6.45, 7) is 0. The van der Waals surface area contributed by atoms with E-state index in [0.29, 0.717) is 11.7 Å². The monoisotopic (exact) mass is 238 g/mol. The van der Waals surface area contributed by atoms with Gasteiger partial charge < -0.3 is 0 Å². The Hall–Kier alpha value is -2.63. The number of benzene rings is 1. The molecular weight excluding hydrogens is 228 g/mol.